The Hall–Kier alpha value is -1.58. The molecule has 0 bridgehead atoms. The summed E-state index contributed by atoms with van der Waals surface area (Å²) in [6.07, 6.45) is 0. The third kappa shape index (κ3) is 2.47. The highest BCUT2D eigenvalue weighted by Gasteiger charge is 2.08. The zero-order valence-corrected chi connectivity index (χ0v) is 10.7. The normalized spacial score (nSPS) is 10.4. The van der Waals surface area contributed by atoms with Gasteiger partial charge in [-0.1, -0.05) is 23.7 Å². The van der Waals surface area contributed by atoms with Gasteiger partial charge in [0.1, 0.15) is 11.6 Å². The Morgan fingerprint density at radius 1 is 1.22 bits per heavy atom. The summed E-state index contributed by atoms with van der Waals surface area (Å²) >= 11 is 5.96. The van der Waals surface area contributed by atoms with E-state index in [1.165, 1.54) is 12.1 Å². The third-order valence-corrected chi connectivity index (χ3v) is 3.07. The predicted octanol–water partition coefficient (Wildman–Crippen LogP) is 3.61. The first-order valence-electron chi connectivity index (χ1n) is 5.48. The Kier molecular flexibility index (Phi) is 3.84. The molecule has 0 amide bonds. The van der Waals surface area contributed by atoms with Crippen LogP contribution >= 0.6 is 11.6 Å². The molecule has 0 heterocycles. The minimum absolute atomic E-state index is 0.295. The van der Waals surface area contributed by atoms with Crippen molar-refractivity contribution in [2.24, 2.45) is 5.73 Å². The number of nitrogens with two attached hydrogens (primary N) is 1. The van der Waals surface area contributed by atoms with Crippen molar-refractivity contribution in [1.82, 2.24) is 0 Å². The quantitative estimate of drug-likeness (QED) is 0.920. The summed E-state index contributed by atoms with van der Waals surface area (Å²) < 4.78 is 18.5. The number of methoxy groups -OCH3 is 1. The topological polar surface area (TPSA) is 35.2 Å². The molecule has 0 aliphatic heterocycles. The van der Waals surface area contributed by atoms with E-state index in [4.69, 9.17) is 22.1 Å². The van der Waals surface area contributed by atoms with Gasteiger partial charge in [0.15, 0.2) is 0 Å². The lowest BCUT2D eigenvalue weighted by Crippen LogP contribution is -1.99. The zero-order chi connectivity index (χ0) is 13.1. The van der Waals surface area contributed by atoms with Gasteiger partial charge in [-0.3, -0.25) is 0 Å². The minimum Gasteiger partial charge on any atom is -0.495 e. The number of benzene rings is 2. The third-order valence-electron chi connectivity index (χ3n) is 2.75. The van der Waals surface area contributed by atoms with Crippen LogP contribution in [0.2, 0.25) is 5.02 Å². The van der Waals surface area contributed by atoms with E-state index < -0.39 is 0 Å². The Morgan fingerprint density at radius 2 is 2.00 bits per heavy atom. The van der Waals surface area contributed by atoms with Crippen LogP contribution in [-0.2, 0) is 6.54 Å². The molecule has 0 fully saturated rings. The first-order valence-corrected chi connectivity index (χ1v) is 5.86. The van der Waals surface area contributed by atoms with Crippen molar-refractivity contribution in [2.45, 2.75) is 6.54 Å². The Morgan fingerprint density at radius 3 is 2.67 bits per heavy atom. The standard InChI is InChI=1S/C14H13ClFNO/c1-18-14-6-9(3-5-13(14)15)12-7-11(16)4-2-10(12)8-17/h2-7H,8,17H2,1H3. The van der Waals surface area contributed by atoms with Crippen LogP contribution < -0.4 is 10.5 Å². The van der Waals surface area contributed by atoms with Crippen molar-refractivity contribution >= 4 is 11.6 Å². The largest absolute Gasteiger partial charge is 0.495 e. The molecule has 2 aromatic rings. The molecule has 0 unspecified atom stereocenters. The van der Waals surface area contributed by atoms with E-state index in [-0.39, 0.29) is 5.82 Å². The van der Waals surface area contributed by atoms with E-state index in [1.807, 2.05) is 6.07 Å². The van der Waals surface area contributed by atoms with Gasteiger partial charge in [0.25, 0.3) is 0 Å². The fraction of sp³-hybridized carbons (Fsp3) is 0.143. The van der Waals surface area contributed by atoms with Gasteiger partial charge in [0, 0.05) is 6.54 Å². The van der Waals surface area contributed by atoms with Gasteiger partial charge in [0.05, 0.1) is 12.1 Å². The van der Waals surface area contributed by atoms with Crippen molar-refractivity contribution in [2.75, 3.05) is 7.11 Å². The van der Waals surface area contributed by atoms with Gasteiger partial charge in [-0.15, -0.1) is 0 Å². The first kappa shape index (κ1) is 12.9. The van der Waals surface area contributed by atoms with Gasteiger partial charge in [-0.2, -0.15) is 0 Å². The Balaban J connectivity index is 2.57. The second-order valence-corrected chi connectivity index (χ2v) is 4.26. The zero-order valence-electron chi connectivity index (χ0n) is 9.91. The van der Waals surface area contributed by atoms with Crippen molar-refractivity contribution < 1.29 is 9.13 Å². The van der Waals surface area contributed by atoms with E-state index in [2.05, 4.69) is 0 Å². The lowest BCUT2D eigenvalue weighted by Gasteiger charge is -2.10. The summed E-state index contributed by atoms with van der Waals surface area (Å²) in [5.41, 5.74) is 8.12. The average Bonchev–Trinajstić information content (AvgIpc) is 2.39. The van der Waals surface area contributed by atoms with Gasteiger partial charge in [-0.25, -0.2) is 4.39 Å². The molecule has 2 N–H and O–H groups in total. The summed E-state index contributed by atoms with van der Waals surface area (Å²) in [7, 11) is 1.54. The highest BCUT2D eigenvalue weighted by Crippen LogP contribution is 2.32. The van der Waals surface area contributed by atoms with E-state index in [0.29, 0.717) is 17.3 Å². The summed E-state index contributed by atoms with van der Waals surface area (Å²) in [6.45, 7) is 0.348. The second-order valence-electron chi connectivity index (χ2n) is 3.85. The highest BCUT2D eigenvalue weighted by molar-refractivity contribution is 6.32. The Labute approximate surface area is 110 Å². The lowest BCUT2D eigenvalue weighted by atomic mass is 9.99. The van der Waals surface area contributed by atoms with Crippen LogP contribution in [0.5, 0.6) is 5.75 Å². The number of ether oxygens (including phenoxy) is 1. The summed E-state index contributed by atoms with van der Waals surface area (Å²) in [5, 5.41) is 0.520. The molecule has 18 heavy (non-hydrogen) atoms. The molecule has 4 heteroatoms. The molecular weight excluding hydrogens is 253 g/mol. The van der Waals surface area contributed by atoms with Crippen LogP contribution in [0.1, 0.15) is 5.56 Å². The second kappa shape index (κ2) is 5.38. The molecule has 0 saturated heterocycles. The molecule has 0 radical (unpaired) electrons. The molecule has 2 rings (SSSR count). The monoisotopic (exact) mass is 265 g/mol. The molecule has 2 aromatic carbocycles. The number of hydrogen-bond acceptors (Lipinski definition) is 2. The fourth-order valence-corrected chi connectivity index (χ4v) is 2.02. The SMILES string of the molecule is COc1cc(-c2cc(F)ccc2CN)ccc1Cl. The molecule has 0 aliphatic rings. The van der Waals surface area contributed by atoms with E-state index in [0.717, 1.165) is 16.7 Å². The molecule has 0 spiro atoms. The van der Waals surface area contributed by atoms with E-state index >= 15 is 0 Å². The predicted molar refractivity (Wildman–Crippen MR) is 71.3 cm³/mol. The van der Waals surface area contributed by atoms with Crippen molar-refractivity contribution in [3.8, 4) is 16.9 Å². The fourth-order valence-electron chi connectivity index (χ4n) is 1.82. The molecular formula is C14H13ClFNO. The van der Waals surface area contributed by atoms with Crippen molar-refractivity contribution in [3.05, 3.63) is 52.8 Å². The molecule has 94 valence electrons. The van der Waals surface area contributed by atoms with Gasteiger partial charge in [-0.05, 0) is 41.0 Å². The number of halogens is 2. The summed E-state index contributed by atoms with van der Waals surface area (Å²) in [5.74, 6) is 0.262. The van der Waals surface area contributed by atoms with Crippen LogP contribution in [0.4, 0.5) is 4.39 Å². The van der Waals surface area contributed by atoms with Gasteiger partial charge < -0.3 is 10.5 Å². The molecule has 2 nitrogen and oxygen atoms in total. The van der Waals surface area contributed by atoms with Gasteiger partial charge >= 0.3 is 0 Å². The Bertz CT molecular complexity index is 572. The molecule has 0 saturated carbocycles. The summed E-state index contributed by atoms with van der Waals surface area (Å²) in [6, 6.07) is 9.87. The average molecular weight is 266 g/mol. The highest BCUT2D eigenvalue weighted by atomic mass is 35.5. The first-order chi connectivity index (χ1) is 8.65. The molecule has 0 aromatic heterocycles. The summed E-state index contributed by atoms with van der Waals surface area (Å²) in [4.78, 5) is 0. The van der Waals surface area contributed by atoms with Gasteiger partial charge in [0.2, 0.25) is 0 Å². The van der Waals surface area contributed by atoms with Crippen LogP contribution in [0.3, 0.4) is 0 Å². The molecule has 0 aliphatic carbocycles. The van der Waals surface area contributed by atoms with Crippen LogP contribution in [0, 0.1) is 5.82 Å². The number of rotatable bonds is 3. The van der Waals surface area contributed by atoms with Crippen LogP contribution in [0.15, 0.2) is 36.4 Å². The smallest absolute Gasteiger partial charge is 0.138 e. The number of hydrogen-bond donors (Lipinski definition) is 1. The maximum atomic E-state index is 13.3. The maximum absolute atomic E-state index is 13.3. The maximum Gasteiger partial charge on any atom is 0.138 e. The molecule has 0 atom stereocenters. The van der Waals surface area contributed by atoms with Crippen LogP contribution in [-0.4, -0.2) is 7.11 Å². The van der Waals surface area contributed by atoms with E-state index in [1.54, 1.807) is 25.3 Å². The minimum atomic E-state index is -0.295. The van der Waals surface area contributed by atoms with Crippen LogP contribution in [0.25, 0.3) is 11.1 Å². The lowest BCUT2D eigenvalue weighted by molar-refractivity contribution is 0.415. The van der Waals surface area contributed by atoms with Crippen molar-refractivity contribution in [3.63, 3.8) is 0 Å². The van der Waals surface area contributed by atoms with Crippen molar-refractivity contribution in [1.29, 1.82) is 0 Å². The van der Waals surface area contributed by atoms with E-state index in [9.17, 15) is 4.39 Å².